The molecule has 0 unspecified atom stereocenters. The number of ether oxygens (including phenoxy) is 1. The Morgan fingerprint density at radius 2 is 2.21 bits per heavy atom. The Morgan fingerprint density at radius 3 is 3.00 bits per heavy atom. The average molecular weight is 192 g/mol. The molecule has 0 amide bonds. The van der Waals surface area contributed by atoms with Crippen molar-refractivity contribution in [2.24, 2.45) is 11.8 Å². The first-order valence-corrected chi connectivity index (χ1v) is 5.35. The predicted molar refractivity (Wildman–Crippen MR) is 54.7 cm³/mol. The molecule has 0 N–H and O–H groups in total. The van der Waals surface area contributed by atoms with E-state index in [1.807, 2.05) is 6.92 Å². The highest BCUT2D eigenvalue weighted by Gasteiger charge is 2.33. The van der Waals surface area contributed by atoms with Crippen molar-refractivity contribution < 1.29 is 9.53 Å². The molecule has 14 heavy (non-hydrogen) atoms. The zero-order chi connectivity index (χ0) is 9.97. The third-order valence-corrected chi connectivity index (χ3v) is 3.12. The Morgan fingerprint density at radius 1 is 1.43 bits per heavy atom. The minimum atomic E-state index is -0.102. The van der Waals surface area contributed by atoms with Gasteiger partial charge in [-0.15, -0.1) is 0 Å². The standard InChI is InChI=1S/C12H16O2/c1-2-14-12(13)11-8-7-9-5-3-4-6-10(9)11/h3-4,8-10H,2,5-7H2,1H3/t9-,10+/m1/s1. The number of rotatable bonds is 2. The lowest BCUT2D eigenvalue weighted by Crippen LogP contribution is -2.19. The van der Waals surface area contributed by atoms with E-state index in [1.54, 1.807) is 0 Å². The Hall–Kier alpha value is -1.05. The van der Waals surface area contributed by atoms with E-state index < -0.39 is 0 Å². The molecule has 76 valence electrons. The van der Waals surface area contributed by atoms with E-state index in [1.165, 1.54) is 0 Å². The maximum atomic E-state index is 11.6. The summed E-state index contributed by atoms with van der Waals surface area (Å²) in [6.07, 6.45) is 9.64. The molecule has 0 spiro atoms. The molecule has 0 aromatic heterocycles. The number of fused-ring (bicyclic) bond motifs is 1. The van der Waals surface area contributed by atoms with Gasteiger partial charge in [-0.2, -0.15) is 0 Å². The molecule has 0 heterocycles. The lowest BCUT2D eigenvalue weighted by molar-refractivity contribution is -0.139. The molecule has 2 nitrogen and oxygen atoms in total. The van der Waals surface area contributed by atoms with Gasteiger partial charge in [0.25, 0.3) is 0 Å². The number of carbonyl (C=O) groups excluding carboxylic acids is 1. The quantitative estimate of drug-likeness (QED) is 0.496. The highest BCUT2D eigenvalue weighted by atomic mass is 16.5. The molecule has 0 fully saturated rings. The Balaban J connectivity index is 2.06. The zero-order valence-electron chi connectivity index (χ0n) is 8.53. The minimum Gasteiger partial charge on any atom is -0.463 e. The second-order valence-electron chi connectivity index (χ2n) is 3.93. The van der Waals surface area contributed by atoms with Gasteiger partial charge in [-0.3, -0.25) is 0 Å². The van der Waals surface area contributed by atoms with E-state index in [0.29, 0.717) is 18.4 Å². The van der Waals surface area contributed by atoms with Gasteiger partial charge in [-0.25, -0.2) is 4.79 Å². The topological polar surface area (TPSA) is 26.3 Å². The van der Waals surface area contributed by atoms with Crippen molar-refractivity contribution in [2.75, 3.05) is 6.61 Å². The number of hydrogen-bond acceptors (Lipinski definition) is 2. The van der Waals surface area contributed by atoms with Gasteiger partial charge in [-0.1, -0.05) is 18.2 Å². The molecule has 0 saturated carbocycles. The molecule has 0 aliphatic heterocycles. The highest BCUT2D eigenvalue weighted by Crippen LogP contribution is 2.39. The SMILES string of the molecule is CCOC(=O)C1=CC[C@H]2CC=CC[C@H]12. The summed E-state index contributed by atoms with van der Waals surface area (Å²) in [7, 11) is 0. The fraction of sp³-hybridized carbons (Fsp3) is 0.583. The molecule has 2 heteroatoms. The summed E-state index contributed by atoms with van der Waals surface area (Å²) in [5.41, 5.74) is 0.918. The summed E-state index contributed by atoms with van der Waals surface area (Å²) in [5, 5.41) is 0. The fourth-order valence-electron chi connectivity index (χ4n) is 2.39. The average Bonchev–Trinajstić information content (AvgIpc) is 2.61. The number of hydrogen-bond donors (Lipinski definition) is 0. The van der Waals surface area contributed by atoms with E-state index in [4.69, 9.17) is 4.74 Å². The molecule has 2 aliphatic rings. The second-order valence-corrected chi connectivity index (χ2v) is 3.93. The Labute approximate surface area is 84.6 Å². The van der Waals surface area contributed by atoms with Gasteiger partial charge in [0.2, 0.25) is 0 Å². The molecule has 2 atom stereocenters. The first kappa shape index (κ1) is 9.50. The molecule has 0 aromatic carbocycles. The van der Waals surface area contributed by atoms with Crippen LogP contribution in [-0.4, -0.2) is 12.6 Å². The van der Waals surface area contributed by atoms with Gasteiger partial charge in [-0.05, 0) is 38.0 Å². The summed E-state index contributed by atoms with van der Waals surface area (Å²) in [5.74, 6) is 0.980. The van der Waals surface area contributed by atoms with Crippen LogP contribution in [0, 0.1) is 11.8 Å². The summed E-state index contributed by atoms with van der Waals surface area (Å²) in [4.78, 5) is 11.6. The number of esters is 1. The third kappa shape index (κ3) is 1.61. The highest BCUT2D eigenvalue weighted by molar-refractivity contribution is 5.89. The number of carbonyl (C=O) groups is 1. The first-order chi connectivity index (χ1) is 6.83. The smallest absolute Gasteiger partial charge is 0.333 e. The van der Waals surface area contributed by atoms with Crippen molar-refractivity contribution in [1.29, 1.82) is 0 Å². The molecular weight excluding hydrogens is 176 g/mol. The van der Waals surface area contributed by atoms with Gasteiger partial charge in [0.05, 0.1) is 6.61 Å². The van der Waals surface area contributed by atoms with Crippen molar-refractivity contribution in [3.05, 3.63) is 23.8 Å². The monoisotopic (exact) mass is 192 g/mol. The van der Waals surface area contributed by atoms with Gasteiger partial charge < -0.3 is 4.74 Å². The molecule has 0 saturated heterocycles. The van der Waals surface area contributed by atoms with Crippen LogP contribution in [0.2, 0.25) is 0 Å². The third-order valence-electron chi connectivity index (χ3n) is 3.12. The van der Waals surface area contributed by atoms with Gasteiger partial charge >= 0.3 is 5.97 Å². The maximum absolute atomic E-state index is 11.6. The maximum Gasteiger partial charge on any atom is 0.333 e. The van der Waals surface area contributed by atoms with Gasteiger partial charge in [0, 0.05) is 5.57 Å². The van der Waals surface area contributed by atoms with E-state index in [2.05, 4.69) is 18.2 Å². The summed E-state index contributed by atoms with van der Waals surface area (Å²) < 4.78 is 5.04. The minimum absolute atomic E-state index is 0.102. The van der Waals surface area contributed by atoms with Crippen molar-refractivity contribution in [2.45, 2.75) is 26.2 Å². The van der Waals surface area contributed by atoms with Crippen LogP contribution in [0.3, 0.4) is 0 Å². The van der Waals surface area contributed by atoms with Crippen LogP contribution in [-0.2, 0) is 9.53 Å². The van der Waals surface area contributed by atoms with Crippen LogP contribution < -0.4 is 0 Å². The van der Waals surface area contributed by atoms with E-state index in [-0.39, 0.29) is 5.97 Å². The van der Waals surface area contributed by atoms with Crippen LogP contribution >= 0.6 is 0 Å². The first-order valence-electron chi connectivity index (χ1n) is 5.35. The lowest BCUT2D eigenvalue weighted by atomic mass is 9.82. The van der Waals surface area contributed by atoms with Crippen molar-refractivity contribution in [1.82, 2.24) is 0 Å². The fourth-order valence-corrected chi connectivity index (χ4v) is 2.39. The normalized spacial score (nSPS) is 29.6. The number of allylic oxidation sites excluding steroid dienone is 3. The second kappa shape index (κ2) is 3.99. The van der Waals surface area contributed by atoms with Crippen LogP contribution in [0.5, 0.6) is 0 Å². The van der Waals surface area contributed by atoms with Crippen molar-refractivity contribution in [3.63, 3.8) is 0 Å². The summed E-state index contributed by atoms with van der Waals surface area (Å²) >= 11 is 0. The summed E-state index contributed by atoms with van der Waals surface area (Å²) in [6.45, 7) is 2.33. The van der Waals surface area contributed by atoms with Crippen LogP contribution in [0.4, 0.5) is 0 Å². The van der Waals surface area contributed by atoms with Crippen LogP contribution in [0.1, 0.15) is 26.2 Å². The molecular formula is C12H16O2. The molecule has 2 rings (SSSR count). The Kier molecular flexibility index (Phi) is 2.71. The zero-order valence-corrected chi connectivity index (χ0v) is 8.53. The van der Waals surface area contributed by atoms with Gasteiger partial charge in [0.15, 0.2) is 0 Å². The van der Waals surface area contributed by atoms with E-state index >= 15 is 0 Å². The molecule has 2 aliphatic carbocycles. The lowest BCUT2D eigenvalue weighted by Gasteiger charge is -2.23. The largest absolute Gasteiger partial charge is 0.463 e. The van der Waals surface area contributed by atoms with Crippen LogP contribution in [0.25, 0.3) is 0 Å². The summed E-state index contributed by atoms with van der Waals surface area (Å²) in [6, 6.07) is 0. The van der Waals surface area contributed by atoms with Crippen molar-refractivity contribution >= 4 is 5.97 Å². The molecule has 0 bridgehead atoms. The molecule has 0 radical (unpaired) electrons. The van der Waals surface area contributed by atoms with E-state index in [9.17, 15) is 4.79 Å². The molecule has 0 aromatic rings. The van der Waals surface area contributed by atoms with Crippen LogP contribution in [0.15, 0.2) is 23.8 Å². The predicted octanol–water partition coefficient (Wildman–Crippen LogP) is 2.46. The van der Waals surface area contributed by atoms with Gasteiger partial charge in [0.1, 0.15) is 0 Å². The van der Waals surface area contributed by atoms with E-state index in [0.717, 1.165) is 24.8 Å². The van der Waals surface area contributed by atoms with Crippen molar-refractivity contribution in [3.8, 4) is 0 Å². The Bertz CT molecular complexity index is 289.